The fraction of sp³-hybridized carbons (Fsp3) is 0.556. The van der Waals surface area contributed by atoms with Gasteiger partial charge in [0.15, 0.2) is 0 Å². The van der Waals surface area contributed by atoms with Crippen molar-refractivity contribution in [1.82, 2.24) is 0 Å². The van der Waals surface area contributed by atoms with Gasteiger partial charge in [0.1, 0.15) is 11.4 Å². The Kier molecular flexibility index (Phi) is 3.11. The zero-order valence-corrected chi connectivity index (χ0v) is 9.88. The smallest absolute Gasteiger partial charge is 0.273 e. The van der Waals surface area contributed by atoms with Gasteiger partial charge < -0.3 is 4.74 Å². The van der Waals surface area contributed by atoms with Crippen molar-refractivity contribution in [2.75, 3.05) is 13.7 Å². The van der Waals surface area contributed by atoms with E-state index in [1.807, 2.05) is 16.8 Å². The van der Waals surface area contributed by atoms with Crippen molar-refractivity contribution in [3.63, 3.8) is 0 Å². The van der Waals surface area contributed by atoms with E-state index in [1.165, 1.54) is 18.4 Å². The van der Waals surface area contributed by atoms with Crippen LogP contribution in [0.5, 0.6) is 0 Å². The van der Waals surface area contributed by atoms with Crippen LogP contribution in [0, 0.1) is 0 Å². The maximum absolute atomic E-state index is 11.6. The molecule has 0 aliphatic carbocycles. The molecule has 0 aromatic carbocycles. The molecule has 2 atom stereocenters. The van der Waals surface area contributed by atoms with Crippen LogP contribution in [0.1, 0.15) is 18.1 Å². The third-order valence-electron chi connectivity index (χ3n) is 2.48. The normalized spacial score (nSPS) is 26.6. The molecule has 1 aromatic heterocycles. The zero-order valence-electron chi connectivity index (χ0n) is 8.25. The van der Waals surface area contributed by atoms with Gasteiger partial charge in [-0.2, -0.15) is 19.8 Å². The lowest BCUT2D eigenvalue weighted by atomic mass is 10.1. The zero-order chi connectivity index (χ0) is 10.9. The molecule has 0 amide bonds. The van der Waals surface area contributed by atoms with E-state index in [-0.39, 0.29) is 6.61 Å². The van der Waals surface area contributed by atoms with Crippen LogP contribution in [-0.4, -0.2) is 27.4 Å². The van der Waals surface area contributed by atoms with Gasteiger partial charge >= 0.3 is 0 Å². The van der Waals surface area contributed by atoms with Crippen LogP contribution in [0.25, 0.3) is 0 Å². The van der Waals surface area contributed by atoms with Gasteiger partial charge in [0.2, 0.25) is 0 Å². The highest BCUT2D eigenvalue weighted by atomic mass is 32.2. The highest BCUT2D eigenvalue weighted by Crippen LogP contribution is 2.33. The van der Waals surface area contributed by atoms with E-state index in [0.717, 1.165) is 5.56 Å². The molecule has 4 nitrogen and oxygen atoms in total. The lowest BCUT2D eigenvalue weighted by Gasteiger charge is -2.18. The fourth-order valence-corrected chi connectivity index (χ4v) is 3.90. The summed E-state index contributed by atoms with van der Waals surface area (Å²) in [4.78, 5) is 0. The quantitative estimate of drug-likeness (QED) is 0.762. The topological polar surface area (TPSA) is 52.6 Å². The molecule has 1 aromatic rings. The number of ether oxygens (including phenoxy) is 1. The summed E-state index contributed by atoms with van der Waals surface area (Å²) in [6.45, 7) is 0.261. The molecule has 0 saturated carbocycles. The SMILES string of the molecule is COC(c1ccsc1)C1CCOS1(=O)=O. The molecule has 84 valence electrons. The molecule has 0 bridgehead atoms. The van der Waals surface area contributed by atoms with Gasteiger partial charge in [0.25, 0.3) is 10.1 Å². The van der Waals surface area contributed by atoms with E-state index >= 15 is 0 Å². The number of rotatable bonds is 3. The average molecular weight is 248 g/mol. The van der Waals surface area contributed by atoms with Gasteiger partial charge in [0, 0.05) is 7.11 Å². The average Bonchev–Trinajstić information content (AvgIpc) is 2.78. The highest BCUT2D eigenvalue weighted by molar-refractivity contribution is 7.87. The first-order chi connectivity index (χ1) is 7.15. The summed E-state index contributed by atoms with van der Waals surface area (Å²) in [7, 11) is -1.92. The van der Waals surface area contributed by atoms with Crippen LogP contribution >= 0.6 is 11.3 Å². The number of hydrogen-bond donors (Lipinski definition) is 0. The van der Waals surface area contributed by atoms with E-state index < -0.39 is 21.5 Å². The Morgan fingerprint density at radius 1 is 1.67 bits per heavy atom. The molecule has 0 N–H and O–H groups in total. The van der Waals surface area contributed by atoms with Crippen LogP contribution in [0.3, 0.4) is 0 Å². The third-order valence-corrected chi connectivity index (χ3v) is 4.91. The van der Waals surface area contributed by atoms with Crippen LogP contribution in [0.2, 0.25) is 0 Å². The number of hydrogen-bond acceptors (Lipinski definition) is 5. The molecule has 6 heteroatoms. The third kappa shape index (κ3) is 2.08. The van der Waals surface area contributed by atoms with Gasteiger partial charge in [-0.1, -0.05) is 0 Å². The Morgan fingerprint density at radius 2 is 2.47 bits per heavy atom. The molecule has 1 aliphatic rings. The van der Waals surface area contributed by atoms with Crippen molar-refractivity contribution < 1.29 is 17.3 Å². The van der Waals surface area contributed by atoms with E-state index in [0.29, 0.717) is 6.42 Å². The molecular weight excluding hydrogens is 236 g/mol. The molecule has 2 unspecified atom stereocenters. The first-order valence-corrected chi connectivity index (χ1v) is 6.99. The summed E-state index contributed by atoms with van der Waals surface area (Å²) >= 11 is 1.53. The van der Waals surface area contributed by atoms with Crippen molar-refractivity contribution in [2.24, 2.45) is 0 Å². The minimum Gasteiger partial charge on any atom is -0.375 e. The van der Waals surface area contributed by atoms with Crippen molar-refractivity contribution in [3.8, 4) is 0 Å². The van der Waals surface area contributed by atoms with Crippen molar-refractivity contribution in [1.29, 1.82) is 0 Å². The molecule has 2 rings (SSSR count). The molecular formula is C9H12O4S2. The molecule has 0 radical (unpaired) electrons. The van der Waals surface area contributed by atoms with E-state index in [9.17, 15) is 8.42 Å². The Morgan fingerprint density at radius 3 is 2.93 bits per heavy atom. The Labute approximate surface area is 93.0 Å². The van der Waals surface area contributed by atoms with Crippen LogP contribution < -0.4 is 0 Å². The van der Waals surface area contributed by atoms with E-state index in [2.05, 4.69) is 0 Å². The Bertz CT molecular complexity index is 409. The fourth-order valence-electron chi connectivity index (χ4n) is 1.75. The first-order valence-electron chi connectivity index (χ1n) is 4.58. The lowest BCUT2D eigenvalue weighted by molar-refractivity contribution is 0.0992. The van der Waals surface area contributed by atoms with Crippen molar-refractivity contribution in [3.05, 3.63) is 22.4 Å². The molecule has 2 heterocycles. The van der Waals surface area contributed by atoms with Gasteiger partial charge in [0.05, 0.1) is 6.61 Å². The van der Waals surface area contributed by atoms with Gasteiger partial charge in [-0.25, -0.2) is 0 Å². The van der Waals surface area contributed by atoms with Gasteiger partial charge in [-0.3, -0.25) is 4.18 Å². The minimum absolute atomic E-state index is 0.261. The minimum atomic E-state index is -3.44. The maximum Gasteiger partial charge on any atom is 0.273 e. The molecule has 1 aliphatic heterocycles. The highest BCUT2D eigenvalue weighted by Gasteiger charge is 2.40. The first kappa shape index (κ1) is 11.1. The van der Waals surface area contributed by atoms with Gasteiger partial charge in [-0.15, -0.1) is 0 Å². The summed E-state index contributed by atoms with van der Waals surface area (Å²) in [5.74, 6) is 0. The largest absolute Gasteiger partial charge is 0.375 e. The van der Waals surface area contributed by atoms with Crippen LogP contribution in [0.15, 0.2) is 16.8 Å². The predicted molar refractivity (Wildman–Crippen MR) is 57.3 cm³/mol. The summed E-state index contributed by atoms with van der Waals surface area (Å²) in [6.07, 6.45) is 0.0835. The summed E-state index contributed by atoms with van der Waals surface area (Å²) in [5.41, 5.74) is 0.904. The lowest BCUT2D eigenvalue weighted by Crippen LogP contribution is -2.24. The van der Waals surface area contributed by atoms with Crippen molar-refractivity contribution in [2.45, 2.75) is 17.8 Å². The number of methoxy groups -OCH3 is 1. The summed E-state index contributed by atoms with van der Waals surface area (Å²) in [6, 6.07) is 1.88. The van der Waals surface area contributed by atoms with E-state index in [1.54, 1.807) is 0 Å². The Hall–Kier alpha value is -0.430. The second-order valence-electron chi connectivity index (χ2n) is 3.35. The molecule has 1 fully saturated rings. The van der Waals surface area contributed by atoms with Gasteiger partial charge in [-0.05, 0) is 28.8 Å². The second kappa shape index (κ2) is 4.21. The second-order valence-corrected chi connectivity index (χ2v) is 5.96. The van der Waals surface area contributed by atoms with Crippen molar-refractivity contribution >= 4 is 21.5 Å². The van der Waals surface area contributed by atoms with E-state index in [4.69, 9.17) is 8.92 Å². The number of thiophene rings is 1. The molecule has 1 saturated heterocycles. The Balaban J connectivity index is 2.28. The van der Waals surface area contributed by atoms with Crippen LogP contribution in [-0.2, 0) is 19.0 Å². The predicted octanol–water partition coefficient (Wildman–Crippen LogP) is 1.55. The monoisotopic (exact) mass is 248 g/mol. The molecule has 0 spiro atoms. The standard InChI is InChI=1S/C9H12O4S2/c1-12-9(7-3-5-14-6-7)8-2-4-13-15(8,10)11/h3,5-6,8-9H,2,4H2,1H3. The summed E-state index contributed by atoms with van der Waals surface area (Å²) < 4.78 is 33.1. The molecule has 15 heavy (non-hydrogen) atoms. The maximum atomic E-state index is 11.6. The van der Waals surface area contributed by atoms with Crippen LogP contribution in [0.4, 0.5) is 0 Å². The summed E-state index contributed by atoms with van der Waals surface area (Å²) in [5, 5.41) is 3.24.